The van der Waals surface area contributed by atoms with Crippen LogP contribution in [0.25, 0.3) is 0 Å². The number of aliphatic hydroxyl groups excluding tert-OH is 1. The predicted molar refractivity (Wildman–Crippen MR) is 82.4 cm³/mol. The Kier molecular flexibility index (Phi) is 4.97. The molecule has 1 aromatic carbocycles. The van der Waals surface area contributed by atoms with Gasteiger partial charge in [-0.3, -0.25) is 4.79 Å². The normalized spacial score (nSPS) is 9.38. The number of hydrogen-bond acceptors (Lipinski definition) is 4. The maximum Gasteiger partial charge on any atom is 0.256 e. The lowest BCUT2D eigenvalue weighted by Gasteiger charge is -2.04. The van der Waals surface area contributed by atoms with Crippen LogP contribution in [-0.4, -0.2) is 17.6 Å². The number of thiophene rings is 1. The number of nitrogens with one attached hydrogen (secondary N) is 1. The van der Waals surface area contributed by atoms with E-state index < -0.39 is 0 Å². The molecule has 2 aromatic rings. The number of benzene rings is 1. The Bertz CT molecular complexity index is 781. The molecule has 0 radical (unpaired) electrons. The topological polar surface area (TPSA) is 73.1 Å². The van der Waals surface area contributed by atoms with Crippen molar-refractivity contribution in [1.29, 1.82) is 5.26 Å². The van der Waals surface area contributed by atoms with Crippen molar-refractivity contribution in [3.63, 3.8) is 0 Å². The van der Waals surface area contributed by atoms with Crippen LogP contribution in [0.15, 0.2) is 29.6 Å². The van der Waals surface area contributed by atoms with E-state index in [4.69, 9.17) is 22.0 Å². The van der Waals surface area contributed by atoms with E-state index in [0.717, 1.165) is 0 Å². The highest BCUT2D eigenvalue weighted by molar-refractivity contribution is 7.10. The molecule has 4 nitrogen and oxygen atoms in total. The lowest BCUT2D eigenvalue weighted by atomic mass is 10.2. The van der Waals surface area contributed by atoms with Gasteiger partial charge in [-0.2, -0.15) is 5.26 Å². The van der Waals surface area contributed by atoms with Crippen LogP contribution in [0.4, 0.5) is 5.69 Å². The zero-order valence-electron chi connectivity index (χ0n) is 10.7. The lowest BCUT2D eigenvalue weighted by Crippen LogP contribution is -2.10. The van der Waals surface area contributed by atoms with Crippen molar-refractivity contribution in [3.8, 4) is 17.9 Å². The summed E-state index contributed by atoms with van der Waals surface area (Å²) in [4.78, 5) is 12.8. The van der Waals surface area contributed by atoms with Crippen LogP contribution in [0, 0.1) is 23.2 Å². The third kappa shape index (κ3) is 3.84. The highest BCUT2D eigenvalue weighted by Gasteiger charge is 2.09. The first-order chi connectivity index (χ1) is 10.1. The Hall–Kier alpha value is -2.31. The Morgan fingerprint density at radius 3 is 2.90 bits per heavy atom. The van der Waals surface area contributed by atoms with Crippen LogP contribution >= 0.6 is 22.9 Å². The van der Waals surface area contributed by atoms with Crippen molar-refractivity contribution < 1.29 is 9.90 Å². The number of nitriles is 1. The molecule has 0 saturated carbocycles. The van der Waals surface area contributed by atoms with Crippen LogP contribution in [0.1, 0.15) is 20.8 Å². The van der Waals surface area contributed by atoms with Crippen molar-refractivity contribution in [2.45, 2.75) is 0 Å². The third-order valence-electron chi connectivity index (χ3n) is 2.50. The van der Waals surface area contributed by atoms with Gasteiger partial charge in [-0.1, -0.05) is 23.4 Å². The summed E-state index contributed by atoms with van der Waals surface area (Å²) in [5.41, 5.74) is 1.34. The summed E-state index contributed by atoms with van der Waals surface area (Å²) >= 11 is 7.23. The van der Waals surface area contributed by atoms with Gasteiger partial charge >= 0.3 is 0 Å². The van der Waals surface area contributed by atoms with Crippen LogP contribution < -0.4 is 5.32 Å². The van der Waals surface area contributed by atoms with Crippen LogP contribution in [0.3, 0.4) is 0 Å². The van der Waals surface area contributed by atoms with Gasteiger partial charge in [0.2, 0.25) is 0 Å². The quantitative estimate of drug-likeness (QED) is 0.837. The van der Waals surface area contributed by atoms with Gasteiger partial charge in [0.05, 0.1) is 21.0 Å². The minimum atomic E-state index is -0.288. The summed E-state index contributed by atoms with van der Waals surface area (Å²) in [7, 11) is 0. The molecule has 21 heavy (non-hydrogen) atoms. The molecule has 0 spiro atoms. The first kappa shape index (κ1) is 15.1. The maximum atomic E-state index is 12.1. The second-order valence-electron chi connectivity index (χ2n) is 3.92. The van der Waals surface area contributed by atoms with Gasteiger partial charge in [0.15, 0.2) is 0 Å². The fraction of sp³-hybridized carbons (Fsp3) is 0.0667. The fourth-order valence-electron chi connectivity index (χ4n) is 1.53. The van der Waals surface area contributed by atoms with E-state index in [9.17, 15) is 4.79 Å². The van der Waals surface area contributed by atoms with Gasteiger partial charge in [-0.25, -0.2) is 0 Å². The molecule has 0 fully saturated rings. The average Bonchev–Trinajstić information content (AvgIpc) is 2.94. The first-order valence-corrected chi connectivity index (χ1v) is 7.09. The minimum Gasteiger partial charge on any atom is -0.384 e. The standard InChI is InChI=1S/C15H9ClN2O2S/c16-14-7-12(4-3-10(14)8-17)18-15(20)11-6-13(21-9-11)2-1-5-19/h3-4,6-7,9,19H,5H2,(H,18,20). The summed E-state index contributed by atoms with van der Waals surface area (Å²) in [6.45, 7) is -0.219. The summed E-state index contributed by atoms with van der Waals surface area (Å²) in [6.07, 6.45) is 0. The van der Waals surface area contributed by atoms with Gasteiger partial charge in [0, 0.05) is 11.1 Å². The van der Waals surface area contributed by atoms with Crippen molar-refractivity contribution in [1.82, 2.24) is 0 Å². The number of rotatable bonds is 2. The van der Waals surface area contributed by atoms with Gasteiger partial charge in [-0.05, 0) is 24.3 Å². The second-order valence-corrected chi connectivity index (χ2v) is 5.24. The molecular formula is C15H9ClN2O2S. The fourth-order valence-corrected chi connectivity index (χ4v) is 2.51. The number of aliphatic hydroxyl groups is 1. The predicted octanol–water partition coefficient (Wildman–Crippen LogP) is 2.87. The highest BCUT2D eigenvalue weighted by Crippen LogP contribution is 2.21. The molecule has 0 atom stereocenters. The van der Waals surface area contributed by atoms with Gasteiger partial charge < -0.3 is 10.4 Å². The Labute approximate surface area is 130 Å². The Morgan fingerprint density at radius 1 is 1.43 bits per heavy atom. The minimum absolute atomic E-state index is 0.219. The van der Waals surface area contributed by atoms with Gasteiger partial charge in [-0.15, -0.1) is 11.3 Å². The van der Waals surface area contributed by atoms with Crippen LogP contribution in [-0.2, 0) is 0 Å². The lowest BCUT2D eigenvalue weighted by molar-refractivity contribution is 0.102. The molecule has 104 valence electrons. The molecule has 2 N–H and O–H groups in total. The van der Waals surface area contributed by atoms with Gasteiger partial charge in [0.25, 0.3) is 5.91 Å². The Morgan fingerprint density at radius 2 is 2.24 bits per heavy atom. The van der Waals surface area contributed by atoms with Crippen molar-refractivity contribution >= 4 is 34.5 Å². The monoisotopic (exact) mass is 316 g/mol. The number of nitrogens with zero attached hydrogens (tertiary/aromatic N) is 1. The highest BCUT2D eigenvalue weighted by atomic mass is 35.5. The molecule has 0 unspecified atom stereocenters. The number of carbonyl (C=O) groups is 1. The molecular weight excluding hydrogens is 308 g/mol. The molecule has 2 rings (SSSR count). The maximum absolute atomic E-state index is 12.1. The molecule has 0 saturated heterocycles. The van der Waals surface area contributed by atoms with E-state index in [1.54, 1.807) is 23.6 Å². The average molecular weight is 317 g/mol. The van der Waals surface area contributed by atoms with E-state index in [0.29, 0.717) is 21.7 Å². The molecule has 1 heterocycles. The van der Waals surface area contributed by atoms with E-state index in [1.165, 1.54) is 17.4 Å². The molecule has 6 heteroatoms. The van der Waals surface area contributed by atoms with Crippen molar-refractivity contribution in [3.05, 3.63) is 50.7 Å². The van der Waals surface area contributed by atoms with Gasteiger partial charge in [0.1, 0.15) is 12.7 Å². The smallest absolute Gasteiger partial charge is 0.256 e. The SMILES string of the molecule is N#Cc1ccc(NC(=O)c2csc(C#CCO)c2)cc1Cl. The number of amides is 1. The molecule has 0 aliphatic heterocycles. The summed E-state index contributed by atoms with van der Waals surface area (Å²) in [5, 5.41) is 22.1. The number of hydrogen-bond donors (Lipinski definition) is 2. The molecule has 1 amide bonds. The number of carbonyl (C=O) groups excluding carboxylic acids is 1. The second kappa shape index (κ2) is 6.92. The summed E-state index contributed by atoms with van der Waals surface area (Å²) in [6, 6.07) is 8.28. The zero-order chi connectivity index (χ0) is 15.2. The van der Waals surface area contributed by atoms with Crippen molar-refractivity contribution in [2.24, 2.45) is 0 Å². The molecule has 0 bridgehead atoms. The summed E-state index contributed by atoms with van der Waals surface area (Å²) in [5.74, 6) is 4.97. The number of anilines is 1. The van der Waals surface area contributed by atoms with E-state index in [1.807, 2.05) is 6.07 Å². The first-order valence-electron chi connectivity index (χ1n) is 5.83. The zero-order valence-corrected chi connectivity index (χ0v) is 12.3. The molecule has 0 aliphatic rings. The largest absolute Gasteiger partial charge is 0.384 e. The molecule has 0 aliphatic carbocycles. The van der Waals surface area contributed by atoms with E-state index in [2.05, 4.69) is 17.2 Å². The van der Waals surface area contributed by atoms with E-state index >= 15 is 0 Å². The Balaban J connectivity index is 2.13. The third-order valence-corrected chi connectivity index (χ3v) is 3.66. The van der Waals surface area contributed by atoms with Crippen LogP contribution in [0.5, 0.6) is 0 Å². The summed E-state index contributed by atoms with van der Waals surface area (Å²) < 4.78 is 0. The van der Waals surface area contributed by atoms with Crippen molar-refractivity contribution in [2.75, 3.05) is 11.9 Å². The molecule has 1 aromatic heterocycles. The van der Waals surface area contributed by atoms with Crippen LogP contribution in [0.2, 0.25) is 5.02 Å². The number of halogens is 1. The van der Waals surface area contributed by atoms with E-state index in [-0.39, 0.29) is 17.5 Å².